The van der Waals surface area contributed by atoms with Gasteiger partial charge in [0.05, 0.1) is 6.20 Å². The van der Waals surface area contributed by atoms with Crippen molar-refractivity contribution in [1.29, 1.82) is 5.41 Å². The van der Waals surface area contributed by atoms with Gasteiger partial charge in [-0.2, -0.15) is 4.73 Å². The van der Waals surface area contributed by atoms with Crippen LogP contribution in [0.2, 0.25) is 0 Å². The van der Waals surface area contributed by atoms with Crippen LogP contribution in [0.5, 0.6) is 0 Å². The molecule has 0 saturated heterocycles. The van der Waals surface area contributed by atoms with Crippen LogP contribution in [0.25, 0.3) is 10.8 Å². The summed E-state index contributed by atoms with van der Waals surface area (Å²) >= 11 is 0. The van der Waals surface area contributed by atoms with Gasteiger partial charge in [-0.25, -0.2) is 0 Å². The second-order valence-corrected chi connectivity index (χ2v) is 2.63. The molecular weight excluding hydrogens is 152 g/mol. The summed E-state index contributed by atoms with van der Waals surface area (Å²) in [5.74, 6) is 0. The maximum atomic E-state index is 9.15. The zero-order valence-electron chi connectivity index (χ0n) is 6.36. The molecule has 0 aliphatic rings. The number of aromatic nitrogens is 1. The van der Waals surface area contributed by atoms with E-state index >= 15 is 0 Å². The van der Waals surface area contributed by atoms with Gasteiger partial charge in [-0.15, -0.1) is 0 Å². The number of nitrogens with zero attached hydrogens (tertiary/aromatic N) is 1. The Bertz CT molecular complexity index is 473. The number of fused-ring (bicyclic) bond motifs is 1. The van der Waals surface area contributed by atoms with Crippen LogP contribution in [0, 0.1) is 5.41 Å². The molecule has 0 fully saturated rings. The van der Waals surface area contributed by atoms with Gasteiger partial charge in [-0.05, 0) is 11.5 Å². The maximum absolute atomic E-state index is 9.15. The standard InChI is InChI=1S/C9H8N2O/c10-9-5-7-3-1-2-4-8(7)6-11(9)12/h1-6,10,12H. The summed E-state index contributed by atoms with van der Waals surface area (Å²) in [6.07, 6.45) is 1.53. The lowest BCUT2D eigenvalue weighted by atomic mass is 10.2. The Morgan fingerprint density at radius 3 is 2.58 bits per heavy atom. The fraction of sp³-hybridized carbons (Fsp3) is 0. The fourth-order valence-electron chi connectivity index (χ4n) is 1.17. The number of hydrogen-bond donors (Lipinski definition) is 2. The van der Waals surface area contributed by atoms with Crippen molar-refractivity contribution in [3.05, 3.63) is 42.0 Å². The van der Waals surface area contributed by atoms with Gasteiger partial charge in [0.25, 0.3) is 0 Å². The highest BCUT2D eigenvalue weighted by Crippen LogP contribution is 2.08. The molecule has 2 rings (SSSR count). The lowest BCUT2D eigenvalue weighted by Crippen LogP contribution is -2.15. The summed E-state index contributed by atoms with van der Waals surface area (Å²) in [5, 5.41) is 18.4. The van der Waals surface area contributed by atoms with E-state index in [0.717, 1.165) is 15.5 Å². The Morgan fingerprint density at radius 1 is 1.17 bits per heavy atom. The first kappa shape index (κ1) is 6.91. The highest BCUT2D eigenvalue weighted by Gasteiger charge is 1.93. The van der Waals surface area contributed by atoms with Crippen LogP contribution in [-0.4, -0.2) is 9.94 Å². The van der Waals surface area contributed by atoms with Crippen LogP contribution in [-0.2, 0) is 0 Å². The Hall–Kier alpha value is -1.77. The van der Waals surface area contributed by atoms with Gasteiger partial charge in [0.1, 0.15) is 0 Å². The number of nitrogens with one attached hydrogen (secondary N) is 1. The minimum atomic E-state index is 0.0914. The second kappa shape index (κ2) is 2.37. The predicted octanol–water partition coefficient (Wildman–Crippen LogP) is 1.36. The smallest absolute Gasteiger partial charge is 0.161 e. The van der Waals surface area contributed by atoms with Crippen LogP contribution in [0.15, 0.2) is 36.5 Å². The molecule has 60 valence electrons. The summed E-state index contributed by atoms with van der Waals surface area (Å²) < 4.78 is 0.808. The molecule has 2 aromatic rings. The largest absolute Gasteiger partial charge is 0.427 e. The molecule has 1 aromatic carbocycles. The SMILES string of the molecule is N=c1cc2ccccc2cn1O. The third kappa shape index (κ3) is 0.955. The molecule has 12 heavy (non-hydrogen) atoms. The first-order chi connectivity index (χ1) is 5.77. The summed E-state index contributed by atoms with van der Waals surface area (Å²) in [6.45, 7) is 0. The van der Waals surface area contributed by atoms with Crippen molar-refractivity contribution in [3.63, 3.8) is 0 Å². The van der Waals surface area contributed by atoms with E-state index in [-0.39, 0.29) is 5.49 Å². The Balaban J connectivity index is 2.93. The van der Waals surface area contributed by atoms with Gasteiger partial charge >= 0.3 is 0 Å². The minimum absolute atomic E-state index is 0.0914. The number of rotatable bonds is 0. The van der Waals surface area contributed by atoms with Crippen molar-refractivity contribution < 1.29 is 5.21 Å². The van der Waals surface area contributed by atoms with Gasteiger partial charge in [-0.3, -0.25) is 5.41 Å². The number of hydrogen-bond acceptors (Lipinski definition) is 2. The third-order valence-corrected chi connectivity index (χ3v) is 1.80. The summed E-state index contributed by atoms with van der Waals surface area (Å²) in [6, 6.07) is 9.22. The van der Waals surface area contributed by atoms with E-state index in [9.17, 15) is 0 Å². The molecule has 1 aromatic heterocycles. The van der Waals surface area contributed by atoms with Gasteiger partial charge in [0, 0.05) is 5.39 Å². The zero-order chi connectivity index (χ0) is 8.55. The lowest BCUT2D eigenvalue weighted by molar-refractivity contribution is 0.172. The Kier molecular flexibility index (Phi) is 1.37. The van der Waals surface area contributed by atoms with Crippen molar-refractivity contribution in [3.8, 4) is 0 Å². The normalized spacial score (nSPS) is 10.3. The van der Waals surface area contributed by atoms with E-state index in [4.69, 9.17) is 10.6 Å². The summed E-state index contributed by atoms with van der Waals surface area (Å²) in [5.41, 5.74) is 0.0914. The quantitative estimate of drug-likeness (QED) is 0.561. The van der Waals surface area contributed by atoms with Crippen LogP contribution < -0.4 is 5.49 Å². The predicted molar refractivity (Wildman–Crippen MR) is 45.0 cm³/mol. The van der Waals surface area contributed by atoms with E-state index in [2.05, 4.69) is 0 Å². The van der Waals surface area contributed by atoms with E-state index in [1.165, 1.54) is 6.20 Å². The Morgan fingerprint density at radius 2 is 1.83 bits per heavy atom. The molecular formula is C9H8N2O. The summed E-state index contributed by atoms with van der Waals surface area (Å²) in [7, 11) is 0. The van der Waals surface area contributed by atoms with E-state index in [1.54, 1.807) is 6.07 Å². The number of pyridine rings is 1. The van der Waals surface area contributed by atoms with E-state index in [0.29, 0.717) is 0 Å². The third-order valence-electron chi connectivity index (χ3n) is 1.80. The highest BCUT2D eigenvalue weighted by atomic mass is 16.5. The first-order valence-electron chi connectivity index (χ1n) is 3.63. The maximum Gasteiger partial charge on any atom is 0.161 e. The Labute approximate surface area is 69.0 Å². The molecule has 0 bridgehead atoms. The molecule has 0 spiro atoms. The molecule has 3 heteroatoms. The number of benzene rings is 1. The van der Waals surface area contributed by atoms with Crippen LogP contribution in [0.3, 0.4) is 0 Å². The molecule has 0 radical (unpaired) electrons. The van der Waals surface area contributed by atoms with Crippen molar-refractivity contribution in [2.75, 3.05) is 0 Å². The molecule has 3 nitrogen and oxygen atoms in total. The van der Waals surface area contributed by atoms with E-state index < -0.39 is 0 Å². The summed E-state index contributed by atoms with van der Waals surface area (Å²) in [4.78, 5) is 0. The van der Waals surface area contributed by atoms with E-state index in [1.807, 2.05) is 24.3 Å². The van der Waals surface area contributed by atoms with Gasteiger partial charge in [-0.1, -0.05) is 24.3 Å². The monoisotopic (exact) mass is 160 g/mol. The minimum Gasteiger partial charge on any atom is -0.427 e. The van der Waals surface area contributed by atoms with Crippen LogP contribution in [0.4, 0.5) is 0 Å². The molecule has 2 N–H and O–H groups in total. The van der Waals surface area contributed by atoms with Gasteiger partial charge in [0.2, 0.25) is 0 Å². The molecule has 0 amide bonds. The van der Waals surface area contributed by atoms with Crippen LogP contribution >= 0.6 is 0 Å². The van der Waals surface area contributed by atoms with Crippen molar-refractivity contribution in [1.82, 2.24) is 4.73 Å². The first-order valence-corrected chi connectivity index (χ1v) is 3.63. The topological polar surface area (TPSA) is 49.0 Å². The van der Waals surface area contributed by atoms with Crippen molar-refractivity contribution in [2.24, 2.45) is 0 Å². The van der Waals surface area contributed by atoms with Gasteiger partial charge in [0.15, 0.2) is 5.49 Å². The fourth-order valence-corrected chi connectivity index (χ4v) is 1.17. The second-order valence-electron chi connectivity index (χ2n) is 2.63. The lowest BCUT2D eigenvalue weighted by Gasteiger charge is -1.99. The average molecular weight is 160 g/mol. The van der Waals surface area contributed by atoms with Crippen LogP contribution in [0.1, 0.15) is 0 Å². The molecule has 0 saturated carbocycles. The zero-order valence-corrected chi connectivity index (χ0v) is 6.36. The molecule has 0 aliphatic heterocycles. The molecule has 1 heterocycles. The molecule has 0 atom stereocenters. The van der Waals surface area contributed by atoms with Crippen molar-refractivity contribution in [2.45, 2.75) is 0 Å². The average Bonchev–Trinajstić information content (AvgIpc) is 2.07. The van der Waals surface area contributed by atoms with Gasteiger partial charge < -0.3 is 5.21 Å². The molecule has 0 unspecified atom stereocenters. The highest BCUT2D eigenvalue weighted by molar-refractivity contribution is 5.80. The molecule has 0 aliphatic carbocycles. The van der Waals surface area contributed by atoms with Crippen molar-refractivity contribution >= 4 is 10.8 Å².